The number of hydrogen-bond acceptors (Lipinski definition) is 0. The lowest BCUT2D eigenvalue weighted by atomic mass is 10.7. The highest BCUT2D eigenvalue weighted by atomic mass is 79.9. The van der Waals surface area contributed by atoms with Crippen molar-refractivity contribution in [2.24, 2.45) is 0 Å². The minimum Gasteiger partial charge on any atom is -0.0906 e. The lowest BCUT2D eigenvalue weighted by Gasteiger charge is -1.45. The van der Waals surface area contributed by atoms with E-state index in [1.165, 1.54) is 6.08 Å². The van der Waals surface area contributed by atoms with Crippen LogP contribution in [0.1, 0.15) is 0 Å². The van der Waals surface area contributed by atoms with Crippen molar-refractivity contribution < 1.29 is 0 Å². The molecule has 0 atom stereocenters. The monoisotopic (exact) mass is 130 g/mol. The van der Waals surface area contributed by atoms with Crippen LogP contribution in [0.25, 0.3) is 0 Å². The number of hydrogen-bond donors (Lipinski definition) is 0. The van der Waals surface area contributed by atoms with Crippen molar-refractivity contribution in [2.75, 3.05) is 0 Å². The lowest BCUT2D eigenvalue weighted by Crippen LogP contribution is -1.30. The Morgan fingerprint density at radius 3 is 2.40 bits per heavy atom. The molecule has 0 N–H and O–H groups in total. The van der Waals surface area contributed by atoms with Gasteiger partial charge in [0.1, 0.15) is 0 Å². The van der Waals surface area contributed by atoms with Crippen LogP contribution in [0, 0.1) is 10.8 Å². The Kier molecular flexibility index (Phi) is 3.61. The van der Waals surface area contributed by atoms with Gasteiger partial charge in [0, 0.05) is 15.9 Å². The molecule has 0 saturated heterocycles. The standard InChI is InChI=1S/C4H3Br/c1-2-3-4-5/h2H,1H2. The highest BCUT2D eigenvalue weighted by molar-refractivity contribution is 9.12. The topological polar surface area (TPSA) is 0 Å². The molecule has 26 valence electrons. The molecule has 0 heterocycles. The van der Waals surface area contributed by atoms with Gasteiger partial charge in [0.15, 0.2) is 0 Å². The summed E-state index contributed by atoms with van der Waals surface area (Å²) < 4.78 is 0. The SMILES string of the molecule is C=CC#CBr. The molecule has 0 fully saturated rings. The summed E-state index contributed by atoms with van der Waals surface area (Å²) in [6.07, 6.45) is 1.52. The first kappa shape index (κ1) is 4.78. The van der Waals surface area contributed by atoms with Crippen molar-refractivity contribution in [3.05, 3.63) is 12.7 Å². The van der Waals surface area contributed by atoms with Gasteiger partial charge in [-0.1, -0.05) is 12.5 Å². The molecule has 0 aliphatic rings. The van der Waals surface area contributed by atoms with Gasteiger partial charge in [0.2, 0.25) is 0 Å². The minimum atomic E-state index is 1.52. The molecule has 1 heteroatoms. The Morgan fingerprint density at radius 1 is 1.80 bits per heavy atom. The summed E-state index contributed by atoms with van der Waals surface area (Å²) in [7, 11) is 0. The Bertz CT molecular complexity index is 73.4. The van der Waals surface area contributed by atoms with Gasteiger partial charge in [-0.25, -0.2) is 0 Å². The van der Waals surface area contributed by atoms with Crippen molar-refractivity contribution in [3.63, 3.8) is 0 Å². The quantitative estimate of drug-likeness (QED) is 0.437. The summed E-state index contributed by atoms with van der Waals surface area (Å²) in [6, 6.07) is 0. The van der Waals surface area contributed by atoms with Crippen molar-refractivity contribution in [1.82, 2.24) is 0 Å². The zero-order valence-electron chi connectivity index (χ0n) is 2.66. The molecule has 0 unspecified atom stereocenters. The average Bonchev–Trinajstić information content (AvgIpc) is 1.41. The summed E-state index contributed by atoms with van der Waals surface area (Å²) >= 11 is 2.88. The Labute approximate surface area is 40.0 Å². The van der Waals surface area contributed by atoms with Crippen LogP contribution in [0.15, 0.2) is 12.7 Å². The molecular formula is C4H3Br. The van der Waals surface area contributed by atoms with Gasteiger partial charge in [-0.15, -0.1) is 0 Å². The molecule has 0 aromatic carbocycles. The first-order valence-electron chi connectivity index (χ1n) is 1.14. The molecule has 0 rings (SSSR count). The van der Waals surface area contributed by atoms with Gasteiger partial charge in [0.25, 0.3) is 0 Å². The lowest BCUT2D eigenvalue weighted by molar-refractivity contribution is 2.33. The molecule has 0 bridgehead atoms. The fraction of sp³-hybridized carbons (Fsp3) is 0. The van der Waals surface area contributed by atoms with Crippen molar-refractivity contribution in [1.29, 1.82) is 0 Å². The highest BCUT2D eigenvalue weighted by Crippen LogP contribution is 1.66. The van der Waals surface area contributed by atoms with Crippen LogP contribution in [-0.2, 0) is 0 Å². The third-order valence-corrected chi connectivity index (χ3v) is 0.386. The first-order chi connectivity index (χ1) is 2.41. The second-order valence-corrected chi connectivity index (χ2v) is 0.839. The maximum absolute atomic E-state index is 3.35. The van der Waals surface area contributed by atoms with Crippen LogP contribution in [0.3, 0.4) is 0 Å². The molecule has 0 aromatic heterocycles. The molecule has 0 amide bonds. The summed E-state index contributed by atoms with van der Waals surface area (Å²) in [5.74, 6) is 2.54. The third kappa shape index (κ3) is 3.78. The summed E-state index contributed by atoms with van der Waals surface area (Å²) in [6.45, 7) is 3.35. The van der Waals surface area contributed by atoms with E-state index in [1.807, 2.05) is 0 Å². The number of allylic oxidation sites excluding steroid dienone is 1. The molecule has 0 aliphatic heterocycles. The molecule has 0 radical (unpaired) electrons. The van der Waals surface area contributed by atoms with Crippen molar-refractivity contribution in [3.8, 4) is 10.8 Å². The smallest absolute Gasteiger partial charge is 0.0110 e. The fourth-order valence-electron chi connectivity index (χ4n) is 0.0386. The molecule has 0 saturated carbocycles. The Morgan fingerprint density at radius 2 is 2.40 bits per heavy atom. The normalized spacial score (nSPS) is 4.20. The van der Waals surface area contributed by atoms with Gasteiger partial charge in [-0.2, -0.15) is 0 Å². The summed E-state index contributed by atoms with van der Waals surface area (Å²) in [5, 5.41) is 0. The third-order valence-electron chi connectivity index (χ3n) is 0.157. The van der Waals surface area contributed by atoms with E-state index in [0.717, 1.165) is 0 Å². The van der Waals surface area contributed by atoms with Gasteiger partial charge in [-0.3, -0.25) is 0 Å². The Balaban J connectivity index is 3.16. The number of halogens is 1. The van der Waals surface area contributed by atoms with Gasteiger partial charge >= 0.3 is 0 Å². The van der Waals surface area contributed by atoms with E-state index >= 15 is 0 Å². The van der Waals surface area contributed by atoms with E-state index in [2.05, 4.69) is 33.3 Å². The fourth-order valence-corrected chi connectivity index (χ4v) is 0.200. The Hall–Kier alpha value is -0.220. The van der Waals surface area contributed by atoms with Gasteiger partial charge in [0.05, 0.1) is 0 Å². The van der Waals surface area contributed by atoms with E-state index in [9.17, 15) is 0 Å². The zero-order valence-corrected chi connectivity index (χ0v) is 4.25. The predicted molar refractivity (Wildman–Crippen MR) is 26.9 cm³/mol. The van der Waals surface area contributed by atoms with Crippen LogP contribution in [-0.4, -0.2) is 0 Å². The van der Waals surface area contributed by atoms with Crippen molar-refractivity contribution in [2.45, 2.75) is 0 Å². The van der Waals surface area contributed by atoms with E-state index in [1.54, 1.807) is 0 Å². The van der Waals surface area contributed by atoms with Crippen molar-refractivity contribution >= 4 is 15.9 Å². The largest absolute Gasteiger partial charge is 0.0906 e. The van der Waals surface area contributed by atoms with E-state index in [-0.39, 0.29) is 0 Å². The van der Waals surface area contributed by atoms with Crippen LogP contribution in [0.4, 0.5) is 0 Å². The van der Waals surface area contributed by atoms with E-state index < -0.39 is 0 Å². The van der Waals surface area contributed by atoms with Crippen LogP contribution >= 0.6 is 15.9 Å². The maximum Gasteiger partial charge on any atom is 0.0110 e. The highest BCUT2D eigenvalue weighted by Gasteiger charge is 1.38. The molecule has 5 heavy (non-hydrogen) atoms. The predicted octanol–water partition coefficient (Wildman–Crippen LogP) is 1.53. The number of rotatable bonds is 0. The first-order valence-corrected chi connectivity index (χ1v) is 1.93. The van der Waals surface area contributed by atoms with Crippen LogP contribution in [0.5, 0.6) is 0 Å². The van der Waals surface area contributed by atoms with Crippen LogP contribution in [0.2, 0.25) is 0 Å². The van der Waals surface area contributed by atoms with E-state index in [0.29, 0.717) is 0 Å². The molecule has 0 nitrogen and oxygen atoms in total. The van der Waals surface area contributed by atoms with Gasteiger partial charge < -0.3 is 0 Å². The second-order valence-electron chi connectivity index (χ2n) is 0.443. The zero-order chi connectivity index (χ0) is 4.12. The van der Waals surface area contributed by atoms with Gasteiger partial charge in [-0.05, 0) is 10.9 Å². The molecule has 0 aliphatic carbocycles. The molecule has 0 aromatic rings. The average molecular weight is 131 g/mol. The molecular weight excluding hydrogens is 128 g/mol. The minimum absolute atomic E-state index is 1.52. The second kappa shape index (κ2) is 3.78. The van der Waals surface area contributed by atoms with E-state index in [4.69, 9.17) is 0 Å². The molecule has 0 spiro atoms. The van der Waals surface area contributed by atoms with Crippen LogP contribution < -0.4 is 0 Å². The summed E-state index contributed by atoms with van der Waals surface area (Å²) in [4.78, 5) is 2.46. The maximum atomic E-state index is 3.35. The summed E-state index contributed by atoms with van der Waals surface area (Å²) in [5.41, 5.74) is 0.